The largest absolute Gasteiger partial charge is 0.416 e. The summed E-state index contributed by atoms with van der Waals surface area (Å²) in [6.45, 7) is 1.71. The molecule has 18 heavy (non-hydrogen) atoms. The fraction of sp³-hybridized carbons (Fsp3) is 0.429. The van der Waals surface area contributed by atoms with Gasteiger partial charge in [-0.3, -0.25) is 0 Å². The molecular formula is C14H14ClF3. The molecule has 0 spiro atoms. The van der Waals surface area contributed by atoms with Gasteiger partial charge in [-0.15, -0.1) is 11.6 Å². The van der Waals surface area contributed by atoms with Crippen LogP contribution in [0.15, 0.2) is 24.3 Å². The molecule has 98 valence electrons. The van der Waals surface area contributed by atoms with Crippen LogP contribution in [-0.4, -0.2) is 5.38 Å². The number of allylic oxidation sites excluding steroid dienone is 2. The van der Waals surface area contributed by atoms with E-state index in [1.807, 2.05) is 6.08 Å². The molecule has 0 N–H and O–H groups in total. The van der Waals surface area contributed by atoms with E-state index < -0.39 is 11.7 Å². The van der Waals surface area contributed by atoms with Crippen LogP contribution in [0, 0.1) is 6.92 Å². The van der Waals surface area contributed by atoms with Crippen LogP contribution >= 0.6 is 11.6 Å². The third-order valence-electron chi connectivity index (χ3n) is 3.21. The molecule has 0 fully saturated rings. The maximum absolute atomic E-state index is 12.6. The van der Waals surface area contributed by atoms with Gasteiger partial charge < -0.3 is 0 Å². The summed E-state index contributed by atoms with van der Waals surface area (Å²) in [5, 5.41) is -0.00422. The van der Waals surface area contributed by atoms with Gasteiger partial charge in [0.05, 0.1) is 10.9 Å². The highest BCUT2D eigenvalue weighted by Gasteiger charge is 2.30. The Balaban J connectivity index is 2.36. The molecule has 1 aliphatic rings. The van der Waals surface area contributed by atoms with Crippen LogP contribution in [0.25, 0.3) is 5.57 Å². The summed E-state index contributed by atoms with van der Waals surface area (Å²) in [5.41, 5.74) is 2.00. The highest BCUT2D eigenvalue weighted by Crippen LogP contribution is 2.35. The molecule has 0 bridgehead atoms. The molecule has 1 unspecified atom stereocenters. The Kier molecular flexibility index (Phi) is 3.71. The van der Waals surface area contributed by atoms with Crippen molar-refractivity contribution in [1.29, 1.82) is 0 Å². The zero-order chi connectivity index (χ0) is 13.3. The molecule has 1 atom stereocenters. The maximum atomic E-state index is 12.6. The van der Waals surface area contributed by atoms with E-state index >= 15 is 0 Å². The minimum absolute atomic E-state index is 0.00422. The third-order valence-corrected chi connectivity index (χ3v) is 3.55. The summed E-state index contributed by atoms with van der Waals surface area (Å²) in [6.07, 6.45) is 0.487. The van der Waals surface area contributed by atoms with Crippen LogP contribution in [-0.2, 0) is 6.18 Å². The van der Waals surface area contributed by atoms with Crippen molar-refractivity contribution in [3.63, 3.8) is 0 Å². The molecule has 0 aromatic heterocycles. The summed E-state index contributed by atoms with van der Waals surface area (Å²) in [7, 11) is 0. The first-order chi connectivity index (χ1) is 8.38. The summed E-state index contributed by atoms with van der Waals surface area (Å²) in [5.74, 6) is 0. The van der Waals surface area contributed by atoms with Gasteiger partial charge in [0.2, 0.25) is 0 Å². The molecule has 0 radical (unpaired) electrons. The molecule has 0 aliphatic heterocycles. The Morgan fingerprint density at radius 3 is 2.56 bits per heavy atom. The minimum atomic E-state index is -4.28. The predicted octanol–water partition coefficient (Wildman–Crippen LogP) is 5.19. The number of benzene rings is 1. The van der Waals surface area contributed by atoms with Gasteiger partial charge in [0.1, 0.15) is 0 Å². The van der Waals surface area contributed by atoms with Crippen LogP contribution in [0.1, 0.15) is 36.0 Å². The molecular weight excluding hydrogens is 261 g/mol. The molecule has 4 heteroatoms. The van der Waals surface area contributed by atoms with Crippen molar-refractivity contribution >= 4 is 17.2 Å². The molecule has 0 nitrogen and oxygen atoms in total. The van der Waals surface area contributed by atoms with Crippen LogP contribution in [0.3, 0.4) is 0 Å². The summed E-state index contributed by atoms with van der Waals surface area (Å²) in [4.78, 5) is 0. The lowest BCUT2D eigenvalue weighted by molar-refractivity contribution is -0.137. The predicted molar refractivity (Wildman–Crippen MR) is 67.7 cm³/mol. The van der Waals surface area contributed by atoms with Gasteiger partial charge in [-0.25, -0.2) is 0 Å². The molecule has 1 aromatic carbocycles. The van der Waals surface area contributed by atoms with Gasteiger partial charge in [-0.05, 0) is 55.0 Å². The number of rotatable bonds is 1. The number of alkyl halides is 4. The van der Waals surface area contributed by atoms with Crippen molar-refractivity contribution in [1.82, 2.24) is 0 Å². The highest BCUT2D eigenvalue weighted by atomic mass is 35.5. The lowest BCUT2D eigenvalue weighted by atomic mass is 9.90. The standard InChI is InChI=1S/C14H14ClF3/c1-9-7-11(14(16,17)18)5-6-13(9)10-3-2-4-12(15)8-10/h5-8,12H,2-4H2,1H3. The first-order valence-electron chi connectivity index (χ1n) is 5.91. The molecule has 0 saturated heterocycles. The molecule has 0 amide bonds. The molecule has 0 heterocycles. The van der Waals surface area contributed by atoms with Gasteiger partial charge in [0.15, 0.2) is 0 Å². The average molecular weight is 275 g/mol. The zero-order valence-corrected chi connectivity index (χ0v) is 10.8. The van der Waals surface area contributed by atoms with Crippen molar-refractivity contribution in [3.8, 4) is 0 Å². The zero-order valence-electron chi connectivity index (χ0n) is 10.0. The molecule has 1 aliphatic carbocycles. The lowest BCUT2D eigenvalue weighted by Crippen LogP contribution is -2.07. The Labute approximate surface area is 109 Å². The van der Waals surface area contributed by atoms with E-state index in [0.717, 1.165) is 36.5 Å². The Morgan fingerprint density at radius 2 is 2.00 bits per heavy atom. The first kappa shape index (κ1) is 13.5. The fourth-order valence-corrected chi connectivity index (χ4v) is 2.60. The quantitative estimate of drug-likeness (QED) is 0.618. The number of hydrogen-bond acceptors (Lipinski definition) is 0. The minimum Gasteiger partial charge on any atom is -0.166 e. The number of aryl methyl sites for hydroxylation is 1. The van der Waals surface area contributed by atoms with E-state index in [9.17, 15) is 13.2 Å². The van der Waals surface area contributed by atoms with Gasteiger partial charge in [-0.1, -0.05) is 12.1 Å². The number of hydrogen-bond donors (Lipinski definition) is 0. The van der Waals surface area contributed by atoms with Gasteiger partial charge in [0.25, 0.3) is 0 Å². The summed E-state index contributed by atoms with van der Waals surface area (Å²) < 4.78 is 37.7. The van der Waals surface area contributed by atoms with Crippen LogP contribution in [0.2, 0.25) is 0 Å². The highest BCUT2D eigenvalue weighted by molar-refractivity contribution is 6.22. The van der Waals surface area contributed by atoms with E-state index in [4.69, 9.17) is 11.6 Å². The Hall–Kier alpha value is -0.960. The van der Waals surface area contributed by atoms with E-state index in [2.05, 4.69) is 0 Å². The fourth-order valence-electron chi connectivity index (χ4n) is 2.30. The second-order valence-electron chi connectivity index (χ2n) is 4.63. The van der Waals surface area contributed by atoms with E-state index in [1.165, 1.54) is 6.07 Å². The molecule has 1 aromatic rings. The monoisotopic (exact) mass is 274 g/mol. The summed E-state index contributed by atoms with van der Waals surface area (Å²) in [6, 6.07) is 3.90. The van der Waals surface area contributed by atoms with E-state index in [0.29, 0.717) is 5.56 Å². The first-order valence-corrected chi connectivity index (χ1v) is 6.34. The maximum Gasteiger partial charge on any atom is 0.416 e. The topological polar surface area (TPSA) is 0 Å². The third kappa shape index (κ3) is 2.89. The van der Waals surface area contributed by atoms with E-state index in [-0.39, 0.29) is 5.38 Å². The molecule has 0 saturated carbocycles. The van der Waals surface area contributed by atoms with Crippen molar-refractivity contribution in [2.24, 2.45) is 0 Å². The Bertz CT molecular complexity index is 474. The second kappa shape index (κ2) is 4.96. The average Bonchev–Trinajstić information content (AvgIpc) is 2.27. The number of halogens is 4. The van der Waals surface area contributed by atoms with Gasteiger partial charge >= 0.3 is 6.18 Å². The smallest absolute Gasteiger partial charge is 0.166 e. The lowest BCUT2D eigenvalue weighted by Gasteiger charge is -2.19. The second-order valence-corrected chi connectivity index (χ2v) is 5.19. The van der Waals surface area contributed by atoms with Crippen LogP contribution in [0.4, 0.5) is 13.2 Å². The van der Waals surface area contributed by atoms with Crippen LogP contribution < -0.4 is 0 Å². The molecule has 2 rings (SSSR count). The van der Waals surface area contributed by atoms with Gasteiger partial charge in [-0.2, -0.15) is 13.2 Å². The van der Waals surface area contributed by atoms with Crippen LogP contribution in [0.5, 0.6) is 0 Å². The normalized spacial score (nSPS) is 20.7. The van der Waals surface area contributed by atoms with E-state index in [1.54, 1.807) is 13.0 Å². The van der Waals surface area contributed by atoms with Crippen molar-refractivity contribution in [2.75, 3.05) is 0 Å². The van der Waals surface area contributed by atoms with Crippen molar-refractivity contribution in [2.45, 2.75) is 37.7 Å². The van der Waals surface area contributed by atoms with Crippen molar-refractivity contribution < 1.29 is 13.2 Å². The van der Waals surface area contributed by atoms with Crippen molar-refractivity contribution in [3.05, 3.63) is 41.0 Å². The Morgan fingerprint density at radius 1 is 1.28 bits per heavy atom. The SMILES string of the molecule is Cc1cc(C(F)(F)F)ccc1C1=CC(Cl)CCC1. The summed E-state index contributed by atoms with van der Waals surface area (Å²) >= 11 is 6.06. The van der Waals surface area contributed by atoms with Gasteiger partial charge in [0, 0.05) is 0 Å².